The molecule has 0 amide bonds. The Morgan fingerprint density at radius 3 is 2.34 bits per heavy atom. The number of hydrogen-bond acceptors (Lipinski definition) is 6. The molecule has 1 aromatic heterocycles. The van der Waals surface area contributed by atoms with Crippen molar-refractivity contribution in [2.75, 3.05) is 12.8 Å². The fraction of sp³-hybridized carbons (Fsp3) is 0.120. The van der Waals surface area contributed by atoms with E-state index in [1.807, 2.05) is 0 Å². The van der Waals surface area contributed by atoms with Crippen LogP contribution in [0.15, 0.2) is 66.7 Å². The maximum atomic E-state index is 14.0. The van der Waals surface area contributed by atoms with Gasteiger partial charge in [-0.3, -0.25) is 0 Å². The van der Waals surface area contributed by atoms with Crippen molar-refractivity contribution in [1.82, 2.24) is 9.97 Å². The second kappa shape index (κ2) is 9.71. The van der Waals surface area contributed by atoms with E-state index in [4.69, 9.17) is 26.8 Å². The Balaban J connectivity index is 1.80. The number of phenols is 1. The third-order valence-corrected chi connectivity index (χ3v) is 5.37. The molecule has 0 bridgehead atoms. The average Bonchev–Trinajstić information content (AvgIpc) is 2.83. The van der Waals surface area contributed by atoms with E-state index in [2.05, 4.69) is 9.97 Å². The molecule has 35 heavy (non-hydrogen) atoms. The Hall–Kier alpha value is -3.98. The number of nitrogen functional groups attached to an aromatic ring is 1. The first-order valence-corrected chi connectivity index (χ1v) is 10.6. The molecule has 0 saturated heterocycles. The van der Waals surface area contributed by atoms with Crippen molar-refractivity contribution < 1.29 is 27.8 Å². The molecule has 4 aromatic rings. The van der Waals surface area contributed by atoms with Crippen LogP contribution in [0.2, 0.25) is 5.02 Å². The lowest BCUT2D eigenvalue weighted by atomic mass is 9.96. The highest BCUT2D eigenvalue weighted by Crippen LogP contribution is 2.46. The Kier molecular flexibility index (Phi) is 6.70. The average molecular weight is 502 g/mol. The molecule has 0 saturated carbocycles. The molecule has 4 rings (SSSR count). The zero-order chi connectivity index (χ0) is 25.2. The summed E-state index contributed by atoms with van der Waals surface area (Å²) in [5.74, 6) is -0.456. The van der Waals surface area contributed by atoms with Gasteiger partial charge in [0.05, 0.1) is 12.8 Å². The summed E-state index contributed by atoms with van der Waals surface area (Å²) < 4.78 is 53.0. The van der Waals surface area contributed by atoms with Crippen LogP contribution in [0, 0.1) is 0 Å². The van der Waals surface area contributed by atoms with Gasteiger partial charge < -0.3 is 20.3 Å². The number of aromatic hydroxyl groups is 1. The maximum absolute atomic E-state index is 14.0. The highest BCUT2D eigenvalue weighted by molar-refractivity contribution is 6.30. The monoisotopic (exact) mass is 501 g/mol. The number of methoxy groups -OCH3 is 1. The number of nitrogens with zero attached hydrogens (tertiary/aromatic N) is 2. The van der Waals surface area contributed by atoms with Crippen molar-refractivity contribution in [3.05, 3.63) is 83.0 Å². The summed E-state index contributed by atoms with van der Waals surface area (Å²) in [6, 6.07) is 17.4. The van der Waals surface area contributed by atoms with E-state index in [1.165, 1.54) is 37.4 Å². The summed E-state index contributed by atoms with van der Waals surface area (Å²) in [5.41, 5.74) is 4.79. The highest BCUT2D eigenvalue weighted by Gasteiger charge is 2.39. The van der Waals surface area contributed by atoms with Gasteiger partial charge in [-0.25, -0.2) is 9.97 Å². The van der Waals surface area contributed by atoms with Gasteiger partial charge in [0, 0.05) is 27.8 Å². The molecule has 180 valence electrons. The summed E-state index contributed by atoms with van der Waals surface area (Å²) in [6.45, 7) is 0.196. The molecular formula is C25H19ClF3N3O3. The van der Waals surface area contributed by atoms with Gasteiger partial charge in [-0.05, 0) is 35.9 Å². The van der Waals surface area contributed by atoms with Crippen molar-refractivity contribution in [2.45, 2.75) is 12.8 Å². The second-order valence-electron chi connectivity index (χ2n) is 7.45. The maximum Gasteiger partial charge on any atom is 0.434 e. The third-order valence-electron chi connectivity index (χ3n) is 5.11. The number of rotatable bonds is 6. The Morgan fingerprint density at radius 1 is 0.971 bits per heavy atom. The van der Waals surface area contributed by atoms with Gasteiger partial charge in [0.25, 0.3) is 0 Å². The molecule has 6 nitrogen and oxygen atoms in total. The van der Waals surface area contributed by atoms with E-state index in [-0.39, 0.29) is 40.5 Å². The van der Waals surface area contributed by atoms with Gasteiger partial charge in [-0.1, -0.05) is 41.9 Å². The van der Waals surface area contributed by atoms with E-state index in [0.29, 0.717) is 10.8 Å². The number of anilines is 1. The highest BCUT2D eigenvalue weighted by atomic mass is 35.5. The largest absolute Gasteiger partial charge is 0.507 e. The number of alkyl halides is 3. The van der Waals surface area contributed by atoms with Gasteiger partial charge in [-0.2, -0.15) is 13.2 Å². The van der Waals surface area contributed by atoms with Crippen LogP contribution in [0.1, 0.15) is 11.3 Å². The molecule has 0 aliphatic rings. The van der Waals surface area contributed by atoms with Crippen molar-refractivity contribution in [3.8, 4) is 39.6 Å². The molecule has 0 radical (unpaired) electrons. The summed E-state index contributed by atoms with van der Waals surface area (Å²) in [6.07, 6.45) is -4.85. The van der Waals surface area contributed by atoms with Crippen LogP contribution in [-0.2, 0) is 12.8 Å². The minimum absolute atomic E-state index is 0.0179. The van der Waals surface area contributed by atoms with Crippen LogP contribution in [-0.4, -0.2) is 22.2 Å². The predicted molar refractivity (Wildman–Crippen MR) is 126 cm³/mol. The van der Waals surface area contributed by atoms with E-state index in [9.17, 15) is 18.3 Å². The van der Waals surface area contributed by atoms with Crippen LogP contribution in [0.25, 0.3) is 22.4 Å². The molecule has 0 fully saturated rings. The number of para-hydroxylation sites is 1. The zero-order valence-corrected chi connectivity index (χ0v) is 19.1. The van der Waals surface area contributed by atoms with Crippen LogP contribution in [0.3, 0.4) is 0 Å². The number of aromatic nitrogens is 2. The normalized spacial score (nSPS) is 11.3. The second-order valence-corrected chi connectivity index (χ2v) is 7.88. The van der Waals surface area contributed by atoms with Crippen molar-refractivity contribution in [3.63, 3.8) is 0 Å². The first kappa shape index (κ1) is 24.2. The standard InChI is InChI=1S/C25H19ClF3N3O3/c1-34-20-5-3-2-4-18(20)21-22(31-24(30)32-23(21)25(27,28)29)17-11-10-16(12-19(17)33)35-13-14-6-8-15(26)9-7-14/h2-12,33H,13H2,1H3,(H2,30,31,32). The fourth-order valence-electron chi connectivity index (χ4n) is 3.53. The van der Waals surface area contributed by atoms with E-state index in [1.54, 1.807) is 36.4 Å². The minimum Gasteiger partial charge on any atom is -0.507 e. The minimum atomic E-state index is -4.85. The summed E-state index contributed by atoms with van der Waals surface area (Å²) >= 11 is 5.88. The lowest BCUT2D eigenvalue weighted by molar-refractivity contribution is -0.140. The van der Waals surface area contributed by atoms with Crippen LogP contribution in [0.4, 0.5) is 19.1 Å². The Morgan fingerprint density at radius 2 is 1.69 bits per heavy atom. The Bertz CT molecular complexity index is 1360. The topological polar surface area (TPSA) is 90.5 Å². The van der Waals surface area contributed by atoms with Crippen molar-refractivity contribution in [1.29, 1.82) is 0 Å². The number of ether oxygens (including phenoxy) is 2. The molecule has 0 unspecified atom stereocenters. The van der Waals surface area contributed by atoms with Gasteiger partial charge in [0.1, 0.15) is 23.9 Å². The third kappa shape index (κ3) is 5.25. The Labute approximate surface area is 203 Å². The van der Waals surface area contributed by atoms with Crippen LogP contribution in [0.5, 0.6) is 17.2 Å². The number of phenolic OH excluding ortho intramolecular Hbond substituents is 1. The number of hydrogen-bond donors (Lipinski definition) is 2. The number of nitrogens with two attached hydrogens (primary N) is 1. The fourth-order valence-corrected chi connectivity index (χ4v) is 3.66. The predicted octanol–water partition coefficient (Wildman–Crippen LogP) is 6.36. The smallest absolute Gasteiger partial charge is 0.434 e. The molecule has 3 aromatic carbocycles. The molecular weight excluding hydrogens is 483 g/mol. The molecule has 0 spiro atoms. The molecule has 3 N–H and O–H groups in total. The van der Waals surface area contributed by atoms with Gasteiger partial charge in [0.15, 0.2) is 5.69 Å². The molecule has 0 atom stereocenters. The first-order valence-electron chi connectivity index (χ1n) is 10.3. The van der Waals surface area contributed by atoms with Gasteiger partial charge in [0.2, 0.25) is 5.95 Å². The van der Waals surface area contributed by atoms with E-state index >= 15 is 0 Å². The molecule has 0 aliphatic heterocycles. The number of halogens is 4. The van der Waals surface area contributed by atoms with Crippen molar-refractivity contribution in [2.24, 2.45) is 0 Å². The van der Waals surface area contributed by atoms with E-state index in [0.717, 1.165) is 5.56 Å². The van der Waals surface area contributed by atoms with E-state index < -0.39 is 17.8 Å². The lowest BCUT2D eigenvalue weighted by Gasteiger charge is -2.19. The SMILES string of the molecule is COc1ccccc1-c1c(-c2ccc(OCc3ccc(Cl)cc3)cc2O)nc(N)nc1C(F)(F)F. The molecule has 0 aliphatic carbocycles. The van der Waals surface area contributed by atoms with Crippen molar-refractivity contribution >= 4 is 17.5 Å². The zero-order valence-electron chi connectivity index (χ0n) is 18.3. The summed E-state index contributed by atoms with van der Waals surface area (Å²) in [7, 11) is 1.34. The number of benzene rings is 3. The van der Waals surface area contributed by atoms with Gasteiger partial charge in [-0.15, -0.1) is 0 Å². The summed E-state index contributed by atoms with van der Waals surface area (Å²) in [5, 5.41) is 11.3. The molecule has 10 heteroatoms. The van der Waals surface area contributed by atoms with Crippen LogP contribution < -0.4 is 15.2 Å². The van der Waals surface area contributed by atoms with Gasteiger partial charge >= 0.3 is 6.18 Å². The lowest BCUT2D eigenvalue weighted by Crippen LogP contribution is -2.14. The quantitative estimate of drug-likeness (QED) is 0.319. The summed E-state index contributed by atoms with van der Waals surface area (Å²) in [4.78, 5) is 7.53. The first-order chi connectivity index (χ1) is 16.7. The van der Waals surface area contributed by atoms with Crippen LogP contribution >= 0.6 is 11.6 Å². The molecule has 1 heterocycles.